The van der Waals surface area contributed by atoms with Gasteiger partial charge in [-0.15, -0.1) is 0 Å². The smallest absolute Gasteiger partial charge is 0.323 e. The average Bonchev–Trinajstić information content (AvgIpc) is 2.46. The third kappa shape index (κ3) is 2.81. The lowest BCUT2D eigenvalue weighted by atomic mass is 10.2. The molecule has 0 aromatic rings. The van der Waals surface area contributed by atoms with E-state index in [1.54, 1.807) is 0 Å². The Labute approximate surface area is 73.5 Å². The van der Waals surface area contributed by atoms with E-state index < -0.39 is 0 Å². The second kappa shape index (κ2) is 5.14. The van der Waals surface area contributed by atoms with Crippen molar-refractivity contribution in [3.8, 4) is 0 Å². The molecule has 0 bridgehead atoms. The molecule has 0 radical (unpaired) electrons. The van der Waals surface area contributed by atoms with Crippen LogP contribution in [0, 0.1) is 0 Å². The number of unbranched alkanes of at least 4 members (excludes halogenated alkanes) is 2. The van der Waals surface area contributed by atoms with Gasteiger partial charge in [-0.3, -0.25) is 4.79 Å². The quantitative estimate of drug-likeness (QED) is 0.497. The molecule has 1 aliphatic rings. The van der Waals surface area contributed by atoms with Crippen molar-refractivity contribution in [1.82, 2.24) is 5.32 Å². The minimum atomic E-state index is -0.0773. The molecule has 1 fully saturated rings. The van der Waals surface area contributed by atoms with Gasteiger partial charge < -0.3 is 10.1 Å². The first-order valence-electron chi connectivity index (χ1n) is 4.74. The molecule has 3 heteroatoms. The van der Waals surface area contributed by atoms with Crippen LogP contribution in [0.3, 0.4) is 0 Å². The largest absolute Gasteiger partial charge is 0.464 e. The first-order valence-corrected chi connectivity index (χ1v) is 4.74. The fraction of sp³-hybridized carbons (Fsp3) is 0.889. The van der Waals surface area contributed by atoms with Crippen molar-refractivity contribution in [3.05, 3.63) is 0 Å². The molecular weight excluding hydrogens is 154 g/mol. The summed E-state index contributed by atoms with van der Waals surface area (Å²) in [6.07, 6.45) is 4.44. The maximum Gasteiger partial charge on any atom is 0.323 e. The third-order valence-electron chi connectivity index (χ3n) is 2.11. The summed E-state index contributed by atoms with van der Waals surface area (Å²) in [6, 6.07) is -0.0261. The van der Waals surface area contributed by atoms with Gasteiger partial charge in [0, 0.05) is 6.42 Å². The number of carbonyl (C=O) groups is 1. The summed E-state index contributed by atoms with van der Waals surface area (Å²) < 4.78 is 4.82. The molecule has 0 spiro atoms. The molecule has 1 atom stereocenters. The van der Waals surface area contributed by atoms with Crippen molar-refractivity contribution in [3.63, 3.8) is 0 Å². The molecule has 1 aliphatic heterocycles. The maximum absolute atomic E-state index is 11.0. The summed E-state index contributed by atoms with van der Waals surface area (Å²) >= 11 is 0. The summed E-state index contributed by atoms with van der Waals surface area (Å²) in [5.41, 5.74) is 0. The Kier molecular flexibility index (Phi) is 4.08. The predicted octanol–water partition coefficient (Wildman–Crippen LogP) is 1.08. The Hall–Kier alpha value is -0.570. The molecule has 3 nitrogen and oxygen atoms in total. The Morgan fingerprint density at radius 2 is 2.42 bits per heavy atom. The number of carbonyl (C=O) groups excluding carboxylic acids is 1. The fourth-order valence-electron chi connectivity index (χ4n) is 1.33. The van der Waals surface area contributed by atoms with Crippen molar-refractivity contribution in [2.45, 2.75) is 38.6 Å². The van der Waals surface area contributed by atoms with Crippen LogP contribution in [0.1, 0.15) is 32.6 Å². The van der Waals surface area contributed by atoms with Crippen LogP contribution in [0.2, 0.25) is 0 Å². The number of rotatable bonds is 5. The molecule has 1 saturated heterocycles. The molecule has 12 heavy (non-hydrogen) atoms. The lowest BCUT2D eigenvalue weighted by Gasteiger charge is -2.07. The van der Waals surface area contributed by atoms with Crippen molar-refractivity contribution < 1.29 is 9.53 Å². The zero-order chi connectivity index (χ0) is 8.81. The second-order valence-electron chi connectivity index (χ2n) is 3.17. The van der Waals surface area contributed by atoms with Crippen molar-refractivity contribution in [1.29, 1.82) is 0 Å². The molecule has 0 aliphatic carbocycles. The lowest BCUT2D eigenvalue weighted by Crippen LogP contribution is -2.33. The van der Waals surface area contributed by atoms with E-state index in [0.29, 0.717) is 6.61 Å². The summed E-state index contributed by atoms with van der Waals surface area (Å²) in [5, 5.41) is 3.19. The molecule has 0 amide bonds. The van der Waals surface area contributed by atoms with E-state index in [1.807, 2.05) is 0 Å². The highest BCUT2D eigenvalue weighted by atomic mass is 16.5. The van der Waals surface area contributed by atoms with Gasteiger partial charge in [0.15, 0.2) is 0 Å². The number of hydrogen-bond acceptors (Lipinski definition) is 3. The molecule has 70 valence electrons. The normalized spacial score (nSPS) is 22.8. The Balaban J connectivity index is 2.02. The van der Waals surface area contributed by atoms with E-state index in [9.17, 15) is 4.79 Å². The first kappa shape index (κ1) is 9.52. The van der Waals surface area contributed by atoms with Gasteiger partial charge in [0.2, 0.25) is 0 Å². The topological polar surface area (TPSA) is 38.3 Å². The van der Waals surface area contributed by atoms with Crippen LogP contribution in [0.5, 0.6) is 0 Å². The minimum Gasteiger partial charge on any atom is -0.464 e. The first-order chi connectivity index (χ1) is 5.84. The Morgan fingerprint density at radius 3 is 3.00 bits per heavy atom. The molecule has 1 N–H and O–H groups in total. The molecule has 0 aromatic heterocycles. The van der Waals surface area contributed by atoms with Crippen LogP contribution >= 0.6 is 0 Å². The molecule has 1 rings (SSSR count). The minimum absolute atomic E-state index is 0.0261. The van der Waals surface area contributed by atoms with Gasteiger partial charge in [0.25, 0.3) is 0 Å². The zero-order valence-corrected chi connectivity index (χ0v) is 7.64. The highest BCUT2D eigenvalue weighted by Gasteiger charge is 2.24. The standard InChI is InChI=1S/C9H17NO2/c1-2-3-4-6-10-8-5-7-12-9(8)11/h8,10H,2-7H2,1H3/t8-/m0/s1. The van der Waals surface area contributed by atoms with Gasteiger partial charge >= 0.3 is 5.97 Å². The van der Waals surface area contributed by atoms with Gasteiger partial charge in [0.05, 0.1) is 6.61 Å². The van der Waals surface area contributed by atoms with E-state index in [1.165, 1.54) is 12.8 Å². The summed E-state index contributed by atoms with van der Waals surface area (Å²) in [6.45, 7) is 3.70. The summed E-state index contributed by atoms with van der Waals surface area (Å²) in [5.74, 6) is -0.0773. The van der Waals surface area contributed by atoms with Gasteiger partial charge in [0.1, 0.15) is 6.04 Å². The predicted molar refractivity (Wildman–Crippen MR) is 46.9 cm³/mol. The van der Waals surface area contributed by atoms with Crippen LogP contribution in [-0.4, -0.2) is 25.2 Å². The van der Waals surface area contributed by atoms with E-state index in [-0.39, 0.29) is 12.0 Å². The monoisotopic (exact) mass is 171 g/mol. The van der Waals surface area contributed by atoms with E-state index in [0.717, 1.165) is 19.4 Å². The van der Waals surface area contributed by atoms with Crippen LogP contribution in [-0.2, 0) is 9.53 Å². The van der Waals surface area contributed by atoms with Gasteiger partial charge in [-0.05, 0) is 13.0 Å². The summed E-state index contributed by atoms with van der Waals surface area (Å²) in [7, 11) is 0. The van der Waals surface area contributed by atoms with E-state index in [4.69, 9.17) is 4.74 Å². The fourth-order valence-corrected chi connectivity index (χ4v) is 1.33. The van der Waals surface area contributed by atoms with E-state index in [2.05, 4.69) is 12.2 Å². The SMILES string of the molecule is CCCCCN[C@H]1CCOC1=O. The zero-order valence-electron chi connectivity index (χ0n) is 7.64. The summed E-state index contributed by atoms with van der Waals surface area (Å²) in [4.78, 5) is 11.0. The highest BCUT2D eigenvalue weighted by Crippen LogP contribution is 2.05. The number of ether oxygens (including phenoxy) is 1. The van der Waals surface area contributed by atoms with Crippen LogP contribution in [0.4, 0.5) is 0 Å². The third-order valence-corrected chi connectivity index (χ3v) is 2.11. The van der Waals surface area contributed by atoms with Gasteiger partial charge in [-0.1, -0.05) is 19.8 Å². The molecule has 0 unspecified atom stereocenters. The van der Waals surface area contributed by atoms with Crippen molar-refractivity contribution in [2.24, 2.45) is 0 Å². The maximum atomic E-state index is 11.0. The van der Waals surface area contributed by atoms with Crippen molar-refractivity contribution in [2.75, 3.05) is 13.2 Å². The van der Waals surface area contributed by atoms with Gasteiger partial charge in [-0.2, -0.15) is 0 Å². The van der Waals surface area contributed by atoms with E-state index >= 15 is 0 Å². The number of cyclic esters (lactones) is 1. The number of nitrogens with one attached hydrogen (secondary N) is 1. The molecule has 0 aromatic carbocycles. The van der Waals surface area contributed by atoms with Crippen LogP contribution in [0.15, 0.2) is 0 Å². The molecule has 0 saturated carbocycles. The van der Waals surface area contributed by atoms with Crippen molar-refractivity contribution >= 4 is 5.97 Å². The second-order valence-corrected chi connectivity index (χ2v) is 3.17. The van der Waals surface area contributed by atoms with Crippen LogP contribution < -0.4 is 5.32 Å². The Morgan fingerprint density at radius 1 is 1.58 bits per heavy atom. The average molecular weight is 171 g/mol. The van der Waals surface area contributed by atoms with Gasteiger partial charge in [-0.25, -0.2) is 0 Å². The molecule has 1 heterocycles. The lowest BCUT2D eigenvalue weighted by molar-refractivity contribution is -0.139. The highest BCUT2D eigenvalue weighted by molar-refractivity contribution is 5.77. The van der Waals surface area contributed by atoms with Crippen LogP contribution in [0.25, 0.3) is 0 Å². The number of hydrogen-bond donors (Lipinski definition) is 1. The molecular formula is C9H17NO2. The number of esters is 1. The Bertz CT molecular complexity index is 147.